The summed E-state index contributed by atoms with van der Waals surface area (Å²) in [4.78, 5) is 35.1. The Bertz CT molecular complexity index is 675. The Kier molecular flexibility index (Phi) is 6.31. The van der Waals surface area contributed by atoms with Crippen molar-refractivity contribution in [1.82, 2.24) is 5.32 Å². The molecule has 0 aromatic heterocycles. The predicted molar refractivity (Wildman–Crippen MR) is 90.5 cm³/mol. The van der Waals surface area contributed by atoms with E-state index in [0.717, 1.165) is 12.8 Å². The molecule has 24 heavy (non-hydrogen) atoms. The van der Waals surface area contributed by atoms with Crippen LogP contribution in [-0.4, -0.2) is 30.4 Å². The van der Waals surface area contributed by atoms with E-state index in [-0.39, 0.29) is 11.9 Å². The van der Waals surface area contributed by atoms with Gasteiger partial charge in [0.25, 0.3) is 11.8 Å². The molecule has 1 aliphatic rings. The minimum Gasteiger partial charge on any atom is -0.452 e. The first-order valence-corrected chi connectivity index (χ1v) is 7.75. The van der Waals surface area contributed by atoms with Crippen LogP contribution in [0.1, 0.15) is 30.1 Å². The molecule has 0 heterocycles. The first-order valence-electron chi connectivity index (χ1n) is 7.75. The maximum atomic E-state index is 12.0. The van der Waals surface area contributed by atoms with E-state index in [1.54, 1.807) is 36.4 Å². The van der Waals surface area contributed by atoms with E-state index in [2.05, 4.69) is 10.6 Å². The molecular weight excluding hydrogens is 308 g/mol. The van der Waals surface area contributed by atoms with Crippen LogP contribution in [0.2, 0.25) is 0 Å². The lowest BCUT2D eigenvalue weighted by Gasteiger charge is -2.08. The Morgan fingerprint density at radius 2 is 2.04 bits per heavy atom. The molecule has 0 bridgehead atoms. The van der Waals surface area contributed by atoms with Crippen LogP contribution < -0.4 is 10.6 Å². The van der Waals surface area contributed by atoms with Crippen molar-refractivity contribution in [3.63, 3.8) is 0 Å². The van der Waals surface area contributed by atoms with E-state index in [0.29, 0.717) is 11.3 Å². The zero-order chi connectivity index (χ0) is 17.4. The van der Waals surface area contributed by atoms with E-state index >= 15 is 0 Å². The Morgan fingerprint density at radius 1 is 1.25 bits per heavy atom. The summed E-state index contributed by atoms with van der Waals surface area (Å²) in [5.41, 5.74) is 0.954. The van der Waals surface area contributed by atoms with Crippen LogP contribution in [-0.2, 0) is 14.3 Å². The van der Waals surface area contributed by atoms with Crippen molar-refractivity contribution in [3.8, 4) is 0 Å². The zero-order valence-corrected chi connectivity index (χ0v) is 13.5. The molecule has 6 heteroatoms. The monoisotopic (exact) mass is 328 g/mol. The smallest absolute Gasteiger partial charge is 0.331 e. The number of benzene rings is 1. The number of esters is 1. The number of amides is 2. The first kappa shape index (κ1) is 17.5. The normalized spacial score (nSPS) is 13.9. The van der Waals surface area contributed by atoms with Gasteiger partial charge in [-0.25, -0.2) is 4.79 Å². The summed E-state index contributed by atoms with van der Waals surface area (Å²) in [7, 11) is 0. The first-order chi connectivity index (χ1) is 11.6. The predicted octanol–water partition coefficient (Wildman–Crippen LogP) is 2.19. The van der Waals surface area contributed by atoms with Gasteiger partial charge in [0.05, 0.1) is 0 Å². The summed E-state index contributed by atoms with van der Waals surface area (Å²) in [5, 5.41) is 5.48. The van der Waals surface area contributed by atoms with Crippen LogP contribution in [0.25, 0.3) is 0 Å². The van der Waals surface area contributed by atoms with Gasteiger partial charge < -0.3 is 15.4 Å². The van der Waals surface area contributed by atoms with Gasteiger partial charge in [-0.1, -0.05) is 24.3 Å². The van der Waals surface area contributed by atoms with Gasteiger partial charge in [0.15, 0.2) is 6.61 Å². The van der Waals surface area contributed by atoms with Crippen LogP contribution in [0.4, 0.5) is 5.69 Å². The van der Waals surface area contributed by atoms with Crippen molar-refractivity contribution in [1.29, 1.82) is 0 Å². The third-order valence-electron chi connectivity index (χ3n) is 3.20. The van der Waals surface area contributed by atoms with Crippen molar-refractivity contribution < 1.29 is 19.1 Å². The molecule has 1 aromatic rings. The fraction of sp³-hybridized carbons (Fsp3) is 0.278. The van der Waals surface area contributed by atoms with Gasteiger partial charge in [-0.15, -0.1) is 0 Å². The highest BCUT2D eigenvalue weighted by atomic mass is 16.5. The molecule has 1 aromatic carbocycles. The average Bonchev–Trinajstić information content (AvgIpc) is 3.37. The fourth-order valence-electron chi connectivity index (χ4n) is 1.86. The molecule has 0 atom stereocenters. The molecule has 1 saturated carbocycles. The number of rotatable bonds is 7. The Labute approximate surface area is 140 Å². The summed E-state index contributed by atoms with van der Waals surface area (Å²) in [5.74, 6) is -1.22. The molecule has 6 nitrogen and oxygen atoms in total. The standard InChI is InChI=1S/C18H20N2O4/c1-2-3-4-8-17(22)24-12-16(21)19-15-7-5-6-13(11-15)18(23)20-14-9-10-14/h2-8,11,14H,9-10,12H2,1H3,(H,19,21)(H,20,23)/b3-2+,8-4+. The van der Waals surface area contributed by atoms with Gasteiger partial charge in [0.2, 0.25) is 0 Å². The molecule has 0 saturated heterocycles. The van der Waals surface area contributed by atoms with Gasteiger partial charge in [-0.2, -0.15) is 0 Å². The molecule has 2 amide bonds. The molecular formula is C18H20N2O4. The number of carbonyl (C=O) groups excluding carboxylic acids is 3. The Balaban J connectivity index is 1.82. The highest BCUT2D eigenvalue weighted by Gasteiger charge is 2.23. The lowest BCUT2D eigenvalue weighted by atomic mass is 10.2. The molecule has 126 valence electrons. The van der Waals surface area contributed by atoms with Crippen LogP contribution >= 0.6 is 0 Å². The quantitative estimate of drug-likeness (QED) is 0.456. The number of ether oxygens (including phenoxy) is 1. The summed E-state index contributed by atoms with van der Waals surface area (Å²) in [6, 6.07) is 6.89. The topological polar surface area (TPSA) is 84.5 Å². The SMILES string of the molecule is C/C=C/C=C/C(=O)OCC(=O)Nc1cccc(C(=O)NC2CC2)c1. The number of carbonyl (C=O) groups is 3. The summed E-state index contributed by atoms with van der Waals surface area (Å²) < 4.78 is 4.81. The van der Waals surface area contributed by atoms with Crippen LogP contribution in [0, 0.1) is 0 Å². The second-order valence-electron chi connectivity index (χ2n) is 5.37. The molecule has 2 N–H and O–H groups in total. The van der Waals surface area contributed by atoms with Gasteiger partial charge in [0.1, 0.15) is 0 Å². The van der Waals surface area contributed by atoms with Crippen LogP contribution in [0.5, 0.6) is 0 Å². The number of hydrogen-bond acceptors (Lipinski definition) is 4. The Morgan fingerprint density at radius 3 is 2.75 bits per heavy atom. The third kappa shape index (κ3) is 6.08. The van der Waals surface area contributed by atoms with Gasteiger partial charge >= 0.3 is 5.97 Å². The van der Waals surface area contributed by atoms with Crippen LogP contribution in [0.15, 0.2) is 48.6 Å². The minimum atomic E-state index is -0.596. The van der Waals surface area contributed by atoms with Crippen molar-refractivity contribution in [2.45, 2.75) is 25.8 Å². The molecule has 2 rings (SSSR count). The summed E-state index contributed by atoms with van der Waals surface area (Å²) >= 11 is 0. The third-order valence-corrected chi connectivity index (χ3v) is 3.20. The maximum absolute atomic E-state index is 12.0. The average molecular weight is 328 g/mol. The molecule has 0 aliphatic heterocycles. The largest absolute Gasteiger partial charge is 0.452 e. The van der Waals surface area contributed by atoms with E-state index in [4.69, 9.17) is 4.74 Å². The van der Waals surface area contributed by atoms with Crippen LogP contribution in [0.3, 0.4) is 0 Å². The number of hydrogen-bond donors (Lipinski definition) is 2. The van der Waals surface area contributed by atoms with Crippen molar-refractivity contribution in [3.05, 3.63) is 54.1 Å². The summed E-state index contributed by atoms with van der Waals surface area (Å²) in [6.07, 6.45) is 8.23. The maximum Gasteiger partial charge on any atom is 0.331 e. The van der Waals surface area contributed by atoms with Gasteiger partial charge in [-0.05, 0) is 38.0 Å². The second-order valence-corrected chi connectivity index (χ2v) is 5.37. The van der Waals surface area contributed by atoms with E-state index in [1.807, 2.05) is 6.92 Å². The molecule has 1 fully saturated rings. The zero-order valence-electron chi connectivity index (χ0n) is 13.5. The van der Waals surface area contributed by atoms with E-state index in [9.17, 15) is 14.4 Å². The number of anilines is 1. The lowest BCUT2D eigenvalue weighted by Crippen LogP contribution is -2.25. The molecule has 0 spiro atoms. The number of allylic oxidation sites excluding steroid dienone is 3. The number of nitrogens with one attached hydrogen (secondary N) is 2. The van der Waals surface area contributed by atoms with Crippen molar-refractivity contribution in [2.24, 2.45) is 0 Å². The van der Waals surface area contributed by atoms with Gasteiger partial charge in [-0.3, -0.25) is 9.59 Å². The highest BCUT2D eigenvalue weighted by molar-refractivity contribution is 5.98. The summed E-state index contributed by atoms with van der Waals surface area (Å²) in [6.45, 7) is 1.43. The lowest BCUT2D eigenvalue weighted by molar-refractivity contribution is -0.142. The second kappa shape index (κ2) is 8.67. The van der Waals surface area contributed by atoms with Crippen molar-refractivity contribution in [2.75, 3.05) is 11.9 Å². The van der Waals surface area contributed by atoms with Crippen molar-refractivity contribution >= 4 is 23.5 Å². The minimum absolute atomic E-state index is 0.158. The van der Waals surface area contributed by atoms with Gasteiger partial charge in [0, 0.05) is 23.4 Å². The highest BCUT2D eigenvalue weighted by Crippen LogP contribution is 2.20. The van der Waals surface area contributed by atoms with E-state index in [1.165, 1.54) is 12.2 Å². The molecule has 1 aliphatic carbocycles. The fourth-order valence-corrected chi connectivity index (χ4v) is 1.86. The molecule has 0 unspecified atom stereocenters. The molecule has 0 radical (unpaired) electrons. The van der Waals surface area contributed by atoms with E-state index < -0.39 is 18.5 Å². The Hall–Kier alpha value is -2.89.